The molecule has 0 fully saturated rings. The molecule has 0 heterocycles. The normalized spacial score (nSPS) is 11.1. The van der Waals surface area contributed by atoms with Crippen LogP contribution in [0.2, 0.25) is 5.31 Å². The lowest BCUT2D eigenvalue weighted by Crippen LogP contribution is -2.16. The summed E-state index contributed by atoms with van der Waals surface area (Å²) in [6, 6.07) is 0. The number of carbonyl (C=O) groups excluding carboxylic acids is 1. The molecule has 0 aromatic rings. The zero-order valence-electron chi connectivity index (χ0n) is 5.41. The van der Waals surface area contributed by atoms with E-state index in [1.54, 1.807) is 7.85 Å². The summed E-state index contributed by atoms with van der Waals surface area (Å²) in [5.41, 5.74) is 0.243. The number of carbonyl (C=O) groups is 1. The van der Waals surface area contributed by atoms with E-state index in [1.807, 2.05) is 21.7 Å². The van der Waals surface area contributed by atoms with E-state index in [2.05, 4.69) is 0 Å². The first-order valence-corrected chi connectivity index (χ1v) is 2.45. The van der Waals surface area contributed by atoms with Crippen LogP contribution in [0, 0.1) is 0 Å². The van der Waals surface area contributed by atoms with Crippen LogP contribution in [-0.2, 0) is 4.79 Å². The van der Waals surface area contributed by atoms with Crippen molar-refractivity contribution in [2.24, 2.45) is 0 Å². The van der Waals surface area contributed by atoms with Crippen molar-refractivity contribution in [1.82, 2.24) is 0 Å². The smallest absolute Gasteiger partial charge is 0.186 e. The Bertz CT molecular complexity index is 82.2. The quantitative estimate of drug-likeness (QED) is 0.381. The molecule has 0 amide bonds. The molecule has 3 heteroatoms. The van der Waals surface area contributed by atoms with E-state index in [0.29, 0.717) is 0 Å². The lowest BCUT2D eigenvalue weighted by molar-refractivity contribution is -0.113. The van der Waals surface area contributed by atoms with Crippen LogP contribution in [0.25, 0.3) is 0 Å². The van der Waals surface area contributed by atoms with E-state index < -0.39 is 0 Å². The van der Waals surface area contributed by atoms with Crippen LogP contribution in [0.4, 0.5) is 0 Å². The molecule has 0 N–H and O–H groups in total. The fraction of sp³-hybridized carbons (Fsp3) is 0.750. The second-order valence-corrected chi connectivity index (χ2v) is 2.81. The van der Waals surface area contributed by atoms with Gasteiger partial charge in [0.05, 0.1) is 5.68 Å². The van der Waals surface area contributed by atoms with Gasteiger partial charge in [0.2, 0.25) is 0 Å². The Hall–Kier alpha value is -0.200. The highest BCUT2D eigenvalue weighted by atomic mass is 16.1. The van der Waals surface area contributed by atoms with Gasteiger partial charge in [-0.3, -0.25) is 0 Å². The lowest BCUT2D eigenvalue weighted by Gasteiger charge is -2.11. The second-order valence-electron chi connectivity index (χ2n) is 2.81. The molecule has 0 saturated carbocycles. The van der Waals surface area contributed by atoms with Crippen LogP contribution in [0.5, 0.6) is 0 Å². The fourth-order valence-corrected chi connectivity index (χ4v) is 0. The maximum absolute atomic E-state index is 10.5. The number of hydrogen-bond donors (Lipinski definition) is 0. The van der Waals surface area contributed by atoms with Gasteiger partial charge in [-0.15, -0.1) is 0 Å². The Balaban J connectivity index is 3.79. The zero-order chi connectivity index (χ0) is 6.08. The predicted molar refractivity (Wildman–Crippen MR) is 36.1 cm³/mol. The SMILES string of the molecule is BC(=O)C(B)(C)C. The molecule has 0 unspecified atom stereocenters. The van der Waals surface area contributed by atoms with Crippen LogP contribution < -0.4 is 0 Å². The molecular weight excluding hydrogens is 85.7 g/mol. The van der Waals surface area contributed by atoms with Crippen molar-refractivity contribution in [2.75, 3.05) is 0 Å². The molecule has 0 atom stereocenters. The van der Waals surface area contributed by atoms with Gasteiger partial charge in [-0.25, -0.2) is 0 Å². The molecule has 0 bridgehead atoms. The van der Waals surface area contributed by atoms with Crippen molar-refractivity contribution in [2.45, 2.75) is 19.2 Å². The van der Waals surface area contributed by atoms with Gasteiger partial charge in [0.1, 0.15) is 7.85 Å². The van der Waals surface area contributed by atoms with Crippen molar-refractivity contribution < 1.29 is 4.79 Å². The predicted octanol–water partition coefficient (Wildman–Crippen LogP) is -1.02. The Labute approximate surface area is 46.3 Å². The van der Waals surface area contributed by atoms with Crippen LogP contribution >= 0.6 is 0 Å². The van der Waals surface area contributed by atoms with E-state index in [9.17, 15) is 4.79 Å². The molecule has 0 aliphatic heterocycles. The Kier molecular flexibility index (Phi) is 1.68. The van der Waals surface area contributed by atoms with Gasteiger partial charge in [-0.05, 0) is 5.31 Å². The summed E-state index contributed by atoms with van der Waals surface area (Å²) in [7, 11) is 3.52. The number of hydrogen-bond acceptors (Lipinski definition) is 1. The van der Waals surface area contributed by atoms with E-state index in [-0.39, 0.29) is 11.0 Å². The summed E-state index contributed by atoms with van der Waals surface area (Å²) in [5.74, 6) is 0. The van der Waals surface area contributed by atoms with Crippen molar-refractivity contribution in [3.63, 3.8) is 0 Å². The first-order chi connectivity index (χ1) is 2.94. The van der Waals surface area contributed by atoms with Gasteiger partial charge < -0.3 is 4.79 Å². The molecule has 0 aromatic carbocycles. The van der Waals surface area contributed by atoms with Crippen LogP contribution in [0.15, 0.2) is 0 Å². The topological polar surface area (TPSA) is 17.1 Å². The Morgan fingerprint density at radius 3 is 1.71 bits per heavy atom. The Morgan fingerprint density at radius 1 is 1.57 bits per heavy atom. The number of rotatable bonds is 1. The zero-order valence-corrected chi connectivity index (χ0v) is 5.41. The molecule has 0 aromatic heterocycles. The van der Waals surface area contributed by atoms with E-state index in [1.165, 1.54) is 0 Å². The molecule has 7 heavy (non-hydrogen) atoms. The average Bonchev–Trinajstić information content (AvgIpc) is 1.31. The molecule has 0 saturated heterocycles. The summed E-state index contributed by atoms with van der Waals surface area (Å²) in [4.78, 5) is 10.5. The standard InChI is InChI=1S/C4H10B2O/c1-4(2,6)3(5)7/h5-6H2,1-2H3. The molecule has 0 rings (SSSR count). The largest absolute Gasteiger partial charge is 0.312 e. The van der Waals surface area contributed by atoms with Gasteiger partial charge in [-0.2, -0.15) is 0 Å². The molecule has 0 spiro atoms. The van der Waals surface area contributed by atoms with Gasteiger partial charge >= 0.3 is 0 Å². The summed E-state index contributed by atoms with van der Waals surface area (Å²) in [6.45, 7) is 3.82. The highest BCUT2D eigenvalue weighted by molar-refractivity contribution is 6.64. The minimum atomic E-state index is -0.139. The van der Waals surface area contributed by atoms with Gasteiger partial charge in [0.15, 0.2) is 7.85 Å². The summed E-state index contributed by atoms with van der Waals surface area (Å²) in [5, 5.41) is -0.139. The minimum Gasteiger partial charge on any atom is -0.312 e. The van der Waals surface area contributed by atoms with Crippen LogP contribution in [-0.4, -0.2) is 21.4 Å². The van der Waals surface area contributed by atoms with E-state index in [4.69, 9.17) is 0 Å². The maximum Gasteiger partial charge on any atom is 0.186 e. The molecule has 0 radical (unpaired) electrons. The van der Waals surface area contributed by atoms with E-state index >= 15 is 0 Å². The lowest BCUT2D eigenvalue weighted by atomic mass is 9.63. The fourth-order valence-electron chi connectivity index (χ4n) is 0. The van der Waals surface area contributed by atoms with Crippen LogP contribution in [0.3, 0.4) is 0 Å². The Morgan fingerprint density at radius 2 is 1.71 bits per heavy atom. The molecule has 38 valence electrons. The third-order valence-corrected chi connectivity index (χ3v) is 1.06. The average molecular weight is 95.7 g/mol. The van der Waals surface area contributed by atoms with Crippen LogP contribution in [0.1, 0.15) is 13.8 Å². The van der Waals surface area contributed by atoms with Crippen molar-refractivity contribution >= 4 is 21.4 Å². The first kappa shape index (κ1) is 6.80. The van der Waals surface area contributed by atoms with Crippen molar-refractivity contribution in [1.29, 1.82) is 0 Å². The van der Waals surface area contributed by atoms with Gasteiger partial charge in [0.25, 0.3) is 0 Å². The third kappa shape index (κ3) is 2.49. The van der Waals surface area contributed by atoms with Crippen molar-refractivity contribution in [3.05, 3.63) is 0 Å². The van der Waals surface area contributed by atoms with Crippen molar-refractivity contribution in [3.8, 4) is 0 Å². The molecule has 1 nitrogen and oxygen atoms in total. The highest BCUT2D eigenvalue weighted by Crippen LogP contribution is 2.16. The molecular formula is C4H10B2O. The maximum atomic E-state index is 10.5. The second kappa shape index (κ2) is 1.73. The summed E-state index contributed by atoms with van der Waals surface area (Å²) >= 11 is 0. The minimum absolute atomic E-state index is 0.139. The molecule has 0 aliphatic carbocycles. The van der Waals surface area contributed by atoms with E-state index in [0.717, 1.165) is 0 Å². The monoisotopic (exact) mass is 96.1 g/mol. The first-order valence-electron chi connectivity index (χ1n) is 2.45. The van der Waals surface area contributed by atoms with Gasteiger partial charge in [0, 0.05) is 0 Å². The third-order valence-electron chi connectivity index (χ3n) is 1.06. The summed E-state index contributed by atoms with van der Waals surface area (Å²) in [6.07, 6.45) is 0. The summed E-state index contributed by atoms with van der Waals surface area (Å²) < 4.78 is 0. The van der Waals surface area contributed by atoms with Gasteiger partial charge in [-0.1, -0.05) is 13.8 Å². The highest BCUT2D eigenvalue weighted by Gasteiger charge is 2.14. The molecule has 0 aliphatic rings.